The van der Waals surface area contributed by atoms with Crippen LogP contribution in [-0.4, -0.2) is 36.3 Å². The van der Waals surface area contributed by atoms with E-state index in [0.29, 0.717) is 24.5 Å². The lowest BCUT2D eigenvalue weighted by molar-refractivity contribution is 0.101. The molecule has 1 N–H and O–H groups in total. The number of aryl methyl sites for hydroxylation is 1. The summed E-state index contributed by atoms with van der Waals surface area (Å²) in [6.45, 7) is 1.07. The molecule has 0 aliphatic carbocycles. The number of rotatable bonds is 5. The number of nitrogens with zero attached hydrogens (tertiary/aromatic N) is 2. The number of thiophene rings is 1. The molecule has 6 nitrogen and oxygen atoms in total. The molecule has 3 heterocycles. The summed E-state index contributed by atoms with van der Waals surface area (Å²) in [5.74, 6) is -0.339. The van der Waals surface area contributed by atoms with Gasteiger partial charge < -0.3 is 9.88 Å². The first-order chi connectivity index (χ1) is 13.5. The average Bonchev–Trinajstić information content (AvgIpc) is 3.43. The van der Waals surface area contributed by atoms with Crippen LogP contribution in [0.3, 0.4) is 0 Å². The Morgan fingerprint density at radius 3 is 2.57 bits per heavy atom. The van der Waals surface area contributed by atoms with Crippen LogP contribution in [-0.2, 0) is 17.1 Å². The molecule has 0 bridgehead atoms. The molecule has 0 unspecified atom stereocenters. The number of aromatic nitrogens is 1. The van der Waals surface area contributed by atoms with E-state index in [1.807, 2.05) is 41.8 Å². The molecule has 1 saturated heterocycles. The Hall–Kier alpha value is -2.42. The second kappa shape index (κ2) is 7.54. The number of carbonyl (C=O) groups is 1. The van der Waals surface area contributed by atoms with Crippen LogP contribution in [0.5, 0.6) is 0 Å². The third-order valence-corrected chi connectivity index (χ3v) is 7.64. The second-order valence-electron chi connectivity index (χ2n) is 6.76. The smallest absolute Gasteiger partial charge is 0.272 e. The van der Waals surface area contributed by atoms with Crippen LogP contribution in [0, 0.1) is 0 Å². The molecule has 146 valence electrons. The third-order valence-electron chi connectivity index (χ3n) is 4.88. The van der Waals surface area contributed by atoms with E-state index in [4.69, 9.17) is 0 Å². The van der Waals surface area contributed by atoms with Crippen LogP contribution >= 0.6 is 11.3 Å². The van der Waals surface area contributed by atoms with Crippen LogP contribution < -0.4 is 5.32 Å². The van der Waals surface area contributed by atoms with Gasteiger partial charge in [0.25, 0.3) is 5.91 Å². The first-order valence-electron chi connectivity index (χ1n) is 9.07. The fraction of sp³-hybridized carbons (Fsp3) is 0.250. The quantitative estimate of drug-likeness (QED) is 0.689. The number of nitrogens with one attached hydrogen (secondary N) is 1. The van der Waals surface area contributed by atoms with E-state index in [0.717, 1.165) is 23.3 Å². The number of carbonyl (C=O) groups excluding carboxylic acids is 1. The van der Waals surface area contributed by atoms with E-state index in [9.17, 15) is 13.2 Å². The molecule has 28 heavy (non-hydrogen) atoms. The first kappa shape index (κ1) is 18.9. The summed E-state index contributed by atoms with van der Waals surface area (Å²) in [6.07, 6.45) is 3.26. The van der Waals surface area contributed by atoms with Gasteiger partial charge in [0.05, 0.1) is 0 Å². The van der Waals surface area contributed by atoms with Gasteiger partial charge in [-0.2, -0.15) is 4.31 Å². The fourth-order valence-corrected chi connectivity index (χ4v) is 5.76. The molecule has 0 radical (unpaired) electrons. The number of hydrogen-bond acceptors (Lipinski definition) is 4. The number of para-hydroxylation sites is 1. The Bertz CT molecular complexity index is 1100. The molecule has 1 aliphatic heterocycles. The van der Waals surface area contributed by atoms with Crippen LogP contribution in [0.15, 0.2) is 58.9 Å². The van der Waals surface area contributed by atoms with Gasteiger partial charge >= 0.3 is 0 Å². The molecule has 0 atom stereocenters. The van der Waals surface area contributed by atoms with Crippen molar-refractivity contribution in [2.45, 2.75) is 17.7 Å². The summed E-state index contributed by atoms with van der Waals surface area (Å²) in [5, 5.41) is 4.92. The fourth-order valence-electron chi connectivity index (χ4n) is 3.40. The topological polar surface area (TPSA) is 71.4 Å². The van der Waals surface area contributed by atoms with Gasteiger partial charge in [0.1, 0.15) is 10.6 Å². The second-order valence-corrected chi connectivity index (χ2v) is 9.65. The number of hydrogen-bond donors (Lipinski definition) is 1. The van der Waals surface area contributed by atoms with Crippen LogP contribution in [0.2, 0.25) is 0 Å². The Morgan fingerprint density at radius 1 is 1.11 bits per heavy atom. The summed E-state index contributed by atoms with van der Waals surface area (Å²) in [5.41, 5.74) is 1.93. The molecule has 0 spiro atoms. The monoisotopic (exact) mass is 415 g/mol. The van der Waals surface area contributed by atoms with Crippen molar-refractivity contribution in [3.05, 3.63) is 59.7 Å². The van der Waals surface area contributed by atoms with Crippen LogP contribution in [0.1, 0.15) is 23.3 Å². The van der Waals surface area contributed by atoms with Crippen molar-refractivity contribution in [1.29, 1.82) is 0 Å². The maximum atomic E-state index is 12.9. The third kappa shape index (κ3) is 3.50. The normalized spacial score (nSPS) is 15.0. The van der Waals surface area contributed by atoms with Crippen molar-refractivity contribution < 1.29 is 13.2 Å². The highest BCUT2D eigenvalue weighted by molar-refractivity contribution is 7.89. The average molecular weight is 416 g/mol. The van der Waals surface area contributed by atoms with Crippen molar-refractivity contribution >= 4 is 33.0 Å². The van der Waals surface area contributed by atoms with E-state index in [1.165, 1.54) is 16.6 Å². The van der Waals surface area contributed by atoms with Crippen molar-refractivity contribution in [2.24, 2.45) is 7.05 Å². The van der Waals surface area contributed by atoms with Crippen molar-refractivity contribution in [1.82, 2.24) is 8.87 Å². The maximum Gasteiger partial charge on any atom is 0.272 e. The Labute approximate surface area is 168 Å². The summed E-state index contributed by atoms with van der Waals surface area (Å²) in [4.78, 5) is 14.1. The highest BCUT2D eigenvalue weighted by atomic mass is 32.2. The summed E-state index contributed by atoms with van der Waals surface area (Å²) in [6, 6.07) is 13.0. The lowest BCUT2D eigenvalue weighted by atomic mass is 10.1. The van der Waals surface area contributed by atoms with Crippen molar-refractivity contribution in [2.75, 3.05) is 18.4 Å². The van der Waals surface area contributed by atoms with E-state index >= 15 is 0 Å². The number of anilines is 1. The van der Waals surface area contributed by atoms with Gasteiger partial charge in [-0.1, -0.05) is 24.3 Å². The van der Waals surface area contributed by atoms with E-state index < -0.39 is 10.0 Å². The first-order valence-corrected chi connectivity index (χ1v) is 11.4. The van der Waals surface area contributed by atoms with Gasteiger partial charge in [0.15, 0.2) is 0 Å². The van der Waals surface area contributed by atoms with E-state index in [2.05, 4.69) is 5.32 Å². The minimum Gasteiger partial charge on any atom is -0.345 e. The summed E-state index contributed by atoms with van der Waals surface area (Å²) >= 11 is 1.60. The zero-order chi connectivity index (χ0) is 19.7. The Balaban J connectivity index is 1.61. The van der Waals surface area contributed by atoms with Gasteiger partial charge in [-0.05, 0) is 36.4 Å². The maximum absolute atomic E-state index is 12.9. The number of amides is 1. The van der Waals surface area contributed by atoms with E-state index in [-0.39, 0.29) is 10.8 Å². The van der Waals surface area contributed by atoms with Crippen LogP contribution in [0.4, 0.5) is 5.69 Å². The zero-order valence-electron chi connectivity index (χ0n) is 15.5. The molecule has 3 aromatic rings. The number of benzene rings is 1. The Kier molecular flexibility index (Phi) is 5.09. The summed E-state index contributed by atoms with van der Waals surface area (Å²) in [7, 11) is -1.87. The lowest BCUT2D eigenvalue weighted by Gasteiger charge is -2.13. The van der Waals surface area contributed by atoms with Gasteiger partial charge in [-0.25, -0.2) is 8.42 Å². The SMILES string of the molecule is Cn1cc(S(=O)(=O)N2CCCC2)cc1C(=O)Nc1ccccc1-c1cccs1. The van der Waals surface area contributed by atoms with Gasteiger partial charge in [-0.3, -0.25) is 4.79 Å². The molecule has 1 aliphatic rings. The molecule has 0 saturated carbocycles. The lowest BCUT2D eigenvalue weighted by Crippen LogP contribution is -2.27. The minimum absolute atomic E-state index is 0.161. The van der Waals surface area contributed by atoms with Crippen molar-refractivity contribution in [3.8, 4) is 10.4 Å². The van der Waals surface area contributed by atoms with Gasteiger partial charge in [0, 0.05) is 42.5 Å². The standard InChI is InChI=1S/C20H21N3O3S2/c1-22-14-15(28(25,26)23-10-4-5-11-23)13-18(22)20(24)21-17-8-3-2-7-16(17)19-9-6-12-27-19/h2-3,6-9,12-14H,4-5,10-11H2,1H3,(H,21,24). The molecule has 4 rings (SSSR count). The molecule has 8 heteroatoms. The molecule has 2 aromatic heterocycles. The minimum atomic E-state index is -3.56. The summed E-state index contributed by atoms with van der Waals surface area (Å²) < 4.78 is 28.6. The predicted molar refractivity (Wildman–Crippen MR) is 111 cm³/mol. The zero-order valence-corrected chi connectivity index (χ0v) is 17.1. The predicted octanol–water partition coefficient (Wildman–Crippen LogP) is 3.79. The molecule has 1 aromatic carbocycles. The highest BCUT2D eigenvalue weighted by Crippen LogP contribution is 2.32. The Morgan fingerprint density at radius 2 is 1.86 bits per heavy atom. The molecule has 1 amide bonds. The highest BCUT2D eigenvalue weighted by Gasteiger charge is 2.29. The molecule has 1 fully saturated rings. The largest absolute Gasteiger partial charge is 0.345 e. The van der Waals surface area contributed by atoms with Gasteiger partial charge in [-0.15, -0.1) is 11.3 Å². The van der Waals surface area contributed by atoms with Gasteiger partial charge in [0.2, 0.25) is 10.0 Å². The van der Waals surface area contributed by atoms with Crippen LogP contribution in [0.25, 0.3) is 10.4 Å². The molecular formula is C20H21N3O3S2. The van der Waals surface area contributed by atoms with Crippen molar-refractivity contribution in [3.63, 3.8) is 0 Å². The number of sulfonamides is 1. The molecular weight excluding hydrogens is 394 g/mol. The van der Waals surface area contributed by atoms with E-state index in [1.54, 1.807) is 23.0 Å².